The SMILES string of the molecule is O=C(c1cccc(Br)n1)N1CCC[C@H]2CCCC[C@H]21. The van der Waals surface area contributed by atoms with Crippen LogP contribution in [0.3, 0.4) is 0 Å². The van der Waals surface area contributed by atoms with E-state index in [2.05, 4.69) is 25.8 Å². The molecule has 2 heterocycles. The molecule has 1 aromatic rings. The largest absolute Gasteiger partial charge is 0.334 e. The fraction of sp³-hybridized carbons (Fsp3) is 0.600. The number of nitrogens with zero attached hydrogens (tertiary/aromatic N) is 2. The zero-order valence-electron chi connectivity index (χ0n) is 11.0. The first-order valence-electron chi connectivity index (χ1n) is 7.19. The highest BCUT2D eigenvalue weighted by Gasteiger charge is 2.36. The van der Waals surface area contributed by atoms with Crippen molar-refractivity contribution in [3.8, 4) is 0 Å². The van der Waals surface area contributed by atoms with E-state index in [-0.39, 0.29) is 5.91 Å². The van der Waals surface area contributed by atoms with Gasteiger partial charge in [0.1, 0.15) is 10.3 Å². The molecule has 0 spiro atoms. The molecule has 102 valence electrons. The lowest BCUT2D eigenvalue weighted by molar-refractivity contribution is 0.0385. The number of aromatic nitrogens is 1. The third-order valence-electron chi connectivity index (χ3n) is 4.44. The molecule has 1 amide bonds. The standard InChI is InChI=1S/C15H19BrN2O/c16-14-9-3-7-12(17-14)15(19)18-10-4-6-11-5-1-2-8-13(11)18/h3,7,9,11,13H,1-2,4-6,8,10H2/t11-,13-/m1/s1. The Morgan fingerprint density at radius 2 is 2.00 bits per heavy atom. The quantitative estimate of drug-likeness (QED) is 0.739. The molecule has 1 aliphatic carbocycles. The van der Waals surface area contributed by atoms with Crippen LogP contribution in [0.15, 0.2) is 22.8 Å². The number of rotatable bonds is 1. The third-order valence-corrected chi connectivity index (χ3v) is 4.88. The summed E-state index contributed by atoms with van der Waals surface area (Å²) in [6.07, 6.45) is 7.49. The van der Waals surface area contributed by atoms with Crippen LogP contribution in [0, 0.1) is 5.92 Å². The second kappa shape index (κ2) is 5.61. The number of piperidine rings is 1. The van der Waals surface area contributed by atoms with E-state index in [0.717, 1.165) is 23.5 Å². The lowest BCUT2D eigenvalue weighted by Gasteiger charge is -2.44. The van der Waals surface area contributed by atoms with E-state index in [1.807, 2.05) is 18.2 Å². The minimum Gasteiger partial charge on any atom is -0.334 e. The maximum Gasteiger partial charge on any atom is 0.272 e. The summed E-state index contributed by atoms with van der Waals surface area (Å²) < 4.78 is 0.732. The Kier molecular flexibility index (Phi) is 3.87. The van der Waals surface area contributed by atoms with Crippen LogP contribution in [0.1, 0.15) is 49.0 Å². The first kappa shape index (κ1) is 13.1. The normalized spacial score (nSPS) is 26.9. The number of pyridine rings is 1. The molecule has 19 heavy (non-hydrogen) atoms. The van der Waals surface area contributed by atoms with Crippen molar-refractivity contribution in [2.45, 2.75) is 44.6 Å². The van der Waals surface area contributed by atoms with Crippen LogP contribution in [0.25, 0.3) is 0 Å². The van der Waals surface area contributed by atoms with Gasteiger partial charge < -0.3 is 4.90 Å². The topological polar surface area (TPSA) is 33.2 Å². The van der Waals surface area contributed by atoms with Gasteiger partial charge in [-0.1, -0.05) is 18.9 Å². The number of hydrogen-bond donors (Lipinski definition) is 0. The molecule has 3 nitrogen and oxygen atoms in total. The molecule has 2 atom stereocenters. The van der Waals surface area contributed by atoms with Gasteiger partial charge in [0.25, 0.3) is 5.91 Å². The maximum absolute atomic E-state index is 12.6. The highest BCUT2D eigenvalue weighted by atomic mass is 79.9. The Morgan fingerprint density at radius 1 is 1.21 bits per heavy atom. The molecular weight excluding hydrogens is 304 g/mol. The smallest absolute Gasteiger partial charge is 0.272 e. The predicted molar refractivity (Wildman–Crippen MR) is 78.0 cm³/mol. The summed E-state index contributed by atoms with van der Waals surface area (Å²) in [5, 5.41) is 0. The molecule has 2 fully saturated rings. The average molecular weight is 323 g/mol. The average Bonchev–Trinajstić information content (AvgIpc) is 2.46. The Labute approximate surface area is 122 Å². The highest BCUT2D eigenvalue weighted by Crippen LogP contribution is 2.35. The summed E-state index contributed by atoms with van der Waals surface area (Å²) in [7, 11) is 0. The van der Waals surface area contributed by atoms with Crippen LogP contribution in [0.4, 0.5) is 0 Å². The summed E-state index contributed by atoms with van der Waals surface area (Å²) in [5.74, 6) is 0.830. The van der Waals surface area contributed by atoms with Gasteiger partial charge in [0.2, 0.25) is 0 Å². The molecule has 3 rings (SSSR count). The molecule has 1 saturated heterocycles. The van der Waals surface area contributed by atoms with E-state index in [1.165, 1.54) is 32.1 Å². The molecule has 1 saturated carbocycles. The lowest BCUT2D eigenvalue weighted by Crippen LogP contribution is -2.49. The van der Waals surface area contributed by atoms with Gasteiger partial charge in [-0.25, -0.2) is 4.98 Å². The monoisotopic (exact) mass is 322 g/mol. The molecule has 0 radical (unpaired) electrons. The summed E-state index contributed by atoms with van der Waals surface area (Å²) in [6, 6.07) is 6.01. The number of fused-ring (bicyclic) bond motifs is 1. The van der Waals surface area contributed by atoms with E-state index < -0.39 is 0 Å². The van der Waals surface area contributed by atoms with Crippen molar-refractivity contribution in [2.75, 3.05) is 6.54 Å². The summed E-state index contributed by atoms with van der Waals surface area (Å²) in [6.45, 7) is 0.897. The molecular formula is C15H19BrN2O. The third kappa shape index (κ3) is 2.69. The number of carbonyl (C=O) groups is 1. The van der Waals surface area contributed by atoms with Crippen LogP contribution in [0.2, 0.25) is 0 Å². The van der Waals surface area contributed by atoms with Gasteiger partial charge in [0.15, 0.2) is 0 Å². The van der Waals surface area contributed by atoms with Crippen molar-refractivity contribution in [2.24, 2.45) is 5.92 Å². The number of carbonyl (C=O) groups excluding carboxylic acids is 1. The van der Waals surface area contributed by atoms with Gasteiger partial charge in [0, 0.05) is 12.6 Å². The van der Waals surface area contributed by atoms with E-state index in [0.29, 0.717) is 11.7 Å². The maximum atomic E-state index is 12.6. The lowest BCUT2D eigenvalue weighted by atomic mass is 9.78. The fourth-order valence-corrected chi connectivity index (χ4v) is 3.90. The van der Waals surface area contributed by atoms with E-state index in [1.54, 1.807) is 0 Å². The predicted octanol–water partition coefficient (Wildman–Crippen LogP) is 3.64. The van der Waals surface area contributed by atoms with Crippen LogP contribution in [0.5, 0.6) is 0 Å². The van der Waals surface area contributed by atoms with Crippen molar-refractivity contribution in [3.05, 3.63) is 28.5 Å². The van der Waals surface area contributed by atoms with Crippen molar-refractivity contribution < 1.29 is 4.79 Å². The molecule has 0 aromatic carbocycles. The van der Waals surface area contributed by atoms with Crippen LogP contribution < -0.4 is 0 Å². The Morgan fingerprint density at radius 3 is 2.84 bits per heavy atom. The fourth-order valence-electron chi connectivity index (χ4n) is 3.55. The Bertz CT molecular complexity index is 475. The van der Waals surface area contributed by atoms with Gasteiger partial charge in [-0.2, -0.15) is 0 Å². The molecule has 2 aliphatic rings. The second-order valence-electron chi connectivity index (χ2n) is 5.60. The van der Waals surface area contributed by atoms with Gasteiger partial charge >= 0.3 is 0 Å². The number of likely N-dealkylation sites (tertiary alicyclic amines) is 1. The first-order chi connectivity index (χ1) is 9.25. The van der Waals surface area contributed by atoms with Crippen LogP contribution in [-0.4, -0.2) is 28.4 Å². The second-order valence-corrected chi connectivity index (χ2v) is 6.41. The zero-order valence-corrected chi connectivity index (χ0v) is 12.6. The molecule has 4 heteroatoms. The summed E-state index contributed by atoms with van der Waals surface area (Å²) in [5.41, 5.74) is 0.570. The molecule has 0 N–H and O–H groups in total. The van der Waals surface area contributed by atoms with Crippen molar-refractivity contribution in [3.63, 3.8) is 0 Å². The minimum atomic E-state index is 0.109. The van der Waals surface area contributed by atoms with Crippen molar-refractivity contribution in [1.82, 2.24) is 9.88 Å². The van der Waals surface area contributed by atoms with E-state index >= 15 is 0 Å². The van der Waals surface area contributed by atoms with E-state index in [4.69, 9.17) is 0 Å². The van der Waals surface area contributed by atoms with Crippen molar-refractivity contribution in [1.29, 1.82) is 0 Å². The van der Waals surface area contributed by atoms with Crippen molar-refractivity contribution >= 4 is 21.8 Å². The Hall–Kier alpha value is -0.900. The summed E-state index contributed by atoms with van der Waals surface area (Å²) >= 11 is 3.34. The molecule has 0 unspecified atom stereocenters. The molecule has 0 bridgehead atoms. The highest BCUT2D eigenvalue weighted by molar-refractivity contribution is 9.10. The summed E-state index contributed by atoms with van der Waals surface area (Å²) in [4.78, 5) is 19.0. The van der Waals surface area contributed by atoms with E-state index in [9.17, 15) is 4.79 Å². The number of amides is 1. The Balaban J connectivity index is 1.82. The number of hydrogen-bond acceptors (Lipinski definition) is 2. The first-order valence-corrected chi connectivity index (χ1v) is 7.98. The number of halogens is 1. The molecule has 1 aliphatic heterocycles. The van der Waals surface area contributed by atoms with Gasteiger partial charge in [-0.05, 0) is 59.7 Å². The van der Waals surface area contributed by atoms with Crippen LogP contribution >= 0.6 is 15.9 Å². The van der Waals surface area contributed by atoms with Crippen LogP contribution in [-0.2, 0) is 0 Å². The molecule has 1 aromatic heterocycles. The van der Waals surface area contributed by atoms with Gasteiger partial charge in [-0.3, -0.25) is 4.79 Å². The van der Waals surface area contributed by atoms with Gasteiger partial charge in [-0.15, -0.1) is 0 Å². The zero-order chi connectivity index (χ0) is 13.2. The minimum absolute atomic E-state index is 0.109. The van der Waals surface area contributed by atoms with Gasteiger partial charge in [0.05, 0.1) is 0 Å².